The van der Waals surface area contributed by atoms with E-state index in [4.69, 9.17) is 14.4 Å². The van der Waals surface area contributed by atoms with Crippen LogP contribution in [0, 0.1) is 0 Å². The smallest absolute Gasteiger partial charge is 0.160 e. The molecular weight excluding hydrogens is 452 g/mol. The zero-order valence-electron chi connectivity index (χ0n) is 19.8. The van der Waals surface area contributed by atoms with Crippen LogP contribution < -0.4 is 0 Å². The average molecular weight is 473 g/mol. The lowest BCUT2D eigenvalue weighted by Gasteiger charge is -2.12. The van der Waals surface area contributed by atoms with Crippen LogP contribution in [0.5, 0.6) is 0 Å². The molecule has 0 aliphatic carbocycles. The highest BCUT2D eigenvalue weighted by Gasteiger charge is 2.15. The van der Waals surface area contributed by atoms with Gasteiger partial charge in [-0.25, -0.2) is 9.97 Å². The molecule has 172 valence electrons. The summed E-state index contributed by atoms with van der Waals surface area (Å²) in [5.74, 6) is 0.706. The summed E-state index contributed by atoms with van der Waals surface area (Å²) in [7, 11) is 0. The number of rotatable bonds is 2. The molecular formula is C34H20N2O. The van der Waals surface area contributed by atoms with Crippen LogP contribution in [-0.4, -0.2) is 9.97 Å². The van der Waals surface area contributed by atoms with Crippen molar-refractivity contribution in [1.29, 1.82) is 0 Å². The molecule has 0 saturated carbocycles. The number of benzene rings is 6. The Balaban J connectivity index is 1.45. The predicted octanol–water partition coefficient (Wildman–Crippen LogP) is 9.17. The van der Waals surface area contributed by atoms with Gasteiger partial charge in [0.05, 0.1) is 11.2 Å². The summed E-state index contributed by atoms with van der Waals surface area (Å²) in [6.07, 6.45) is 0. The molecule has 0 spiro atoms. The second kappa shape index (κ2) is 7.74. The predicted molar refractivity (Wildman–Crippen MR) is 153 cm³/mol. The van der Waals surface area contributed by atoms with Crippen LogP contribution in [0.3, 0.4) is 0 Å². The Morgan fingerprint density at radius 3 is 2.05 bits per heavy atom. The van der Waals surface area contributed by atoms with Crippen LogP contribution in [0.25, 0.3) is 77.0 Å². The summed E-state index contributed by atoms with van der Waals surface area (Å²) in [6, 6.07) is 42.0. The maximum Gasteiger partial charge on any atom is 0.160 e. The maximum absolute atomic E-state index is 6.34. The van der Waals surface area contributed by atoms with Crippen LogP contribution in [0.15, 0.2) is 126 Å². The molecule has 0 bridgehead atoms. The number of hydrogen-bond donors (Lipinski definition) is 0. The van der Waals surface area contributed by atoms with Crippen LogP contribution in [0.2, 0.25) is 0 Å². The van der Waals surface area contributed by atoms with Crippen molar-refractivity contribution in [2.45, 2.75) is 0 Å². The van der Waals surface area contributed by atoms with Crippen LogP contribution in [0.4, 0.5) is 0 Å². The minimum atomic E-state index is 0.706. The molecule has 0 radical (unpaired) electrons. The van der Waals surface area contributed by atoms with E-state index >= 15 is 0 Å². The fourth-order valence-electron chi connectivity index (χ4n) is 5.45. The molecule has 0 atom stereocenters. The molecule has 3 heteroatoms. The highest BCUT2D eigenvalue weighted by molar-refractivity contribution is 6.15. The Hall–Kier alpha value is -5.02. The van der Waals surface area contributed by atoms with Crippen molar-refractivity contribution >= 4 is 54.4 Å². The lowest BCUT2D eigenvalue weighted by Crippen LogP contribution is -1.96. The maximum atomic E-state index is 6.34. The third kappa shape index (κ3) is 3.08. The number of furan rings is 1. The Morgan fingerprint density at radius 1 is 0.459 bits per heavy atom. The zero-order chi connectivity index (χ0) is 24.3. The molecule has 0 amide bonds. The van der Waals surface area contributed by atoms with E-state index in [0.717, 1.165) is 65.8 Å². The second-order valence-electron chi connectivity index (χ2n) is 9.42. The number of para-hydroxylation sites is 1. The van der Waals surface area contributed by atoms with E-state index in [2.05, 4.69) is 103 Å². The van der Waals surface area contributed by atoms with Gasteiger partial charge in [-0.2, -0.15) is 0 Å². The highest BCUT2D eigenvalue weighted by atomic mass is 16.3. The van der Waals surface area contributed by atoms with Gasteiger partial charge in [0.15, 0.2) is 5.82 Å². The van der Waals surface area contributed by atoms with Gasteiger partial charge < -0.3 is 4.42 Å². The van der Waals surface area contributed by atoms with Crippen LogP contribution in [0.1, 0.15) is 0 Å². The molecule has 8 aromatic rings. The van der Waals surface area contributed by atoms with Crippen LogP contribution >= 0.6 is 0 Å². The molecule has 0 aliphatic rings. The molecule has 6 aromatic carbocycles. The van der Waals surface area contributed by atoms with E-state index < -0.39 is 0 Å². The monoisotopic (exact) mass is 472 g/mol. The third-order valence-electron chi connectivity index (χ3n) is 7.26. The van der Waals surface area contributed by atoms with Crippen LogP contribution in [-0.2, 0) is 0 Å². The Labute approximate surface area is 212 Å². The first-order valence-corrected chi connectivity index (χ1v) is 12.4. The summed E-state index contributed by atoms with van der Waals surface area (Å²) in [5, 5.41) is 7.79. The number of aromatic nitrogens is 2. The van der Waals surface area contributed by atoms with E-state index in [-0.39, 0.29) is 0 Å². The van der Waals surface area contributed by atoms with E-state index in [1.165, 1.54) is 5.39 Å². The van der Waals surface area contributed by atoms with Gasteiger partial charge in [-0.3, -0.25) is 0 Å². The Bertz CT molecular complexity index is 2140. The quantitative estimate of drug-likeness (QED) is 0.235. The molecule has 0 unspecified atom stereocenters. The van der Waals surface area contributed by atoms with E-state index in [1.807, 2.05) is 18.2 Å². The normalized spacial score (nSPS) is 11.8. The molecule has 3 nitrogen and oxygen atoms in total. The summed E-state index contributed by atoms with van der Waals surface area (Å²) in [6.45, 7) is 0. The molecule has 0 N–H and O–H groups in total. The summed E-state index contributed by atoms with van der Waals surface area (Å²) in [4.78, 5) is 10.3. The standard InChI is InChI=1S/C34H20N2O/c1-2-9-23(10-3-1)31-28-19-17-21-8-4-5-11-25(21)32(28)36-34(35-31)24-15-14-22-16-18-27-26-12-6-7-13-30(26)37-33(27)29(22)20-24/h1-20H. The van der Waals surface area contributed by atoms with E-state index in [0.29, 0.717) is 5.82 Å². The largest absolute Gasteiger partial charge is 0.455 e. The summed E-state index contributed by atoms with van der Waals surface area (Å²) in [5.41, 5.74) is 5.74. The Kier molecular flexibility index (Phi) is 4.23. The molecule has 2 aromatic heterocycles. The molecule has 0 fully saturated rings. The van der Waals surface area contributed by atoms with Gasteiger partial charge in [0.1, 0.15) is 11.2 Å². The third-order valence-corrected chi connectivity index (χ3v) is 7.26. The first-order valence-electron chi connectivity index (χ1n) is 12.4. The SMILES string of the molecule is c1ccc(-c2nc(-c3ccc4ccc5c6ccccc6oc5c4c3)nc3c2ccc2ccccc23)cc1. The van der Waals surface area contributed by atoms with E-state index in [1.54, 1.807) is 0 Å². The van der Waals surface area contributed by atoms with Gasteiger partial charge in [0.2, 0.25) is 0 Å². The lowest BCUT2D eigenvalue weighted by atomic mass is 10.0. The fraction of sp³-hybridized carbons (Fsp3) is 0. The van der Waals surface area contributed by atoms with Crippen molar-refractivity contribution in [3.05, 3.63) is 121 Å². The van der Waals surface area contributed by atoms with E-state index in [9.17, 15) is 0 Å². The second-order valence-corrected chi connectivity index (χ2v) is 9.42. The number of hydrogen-bond acceptors (Lipinski definition) is 3. The first kappa shape index (κ1) is 20.2. The number of nitrogens with zero attached hydrogens (tertiary/aromatic N) is 2. The molecule has 8 rings (SSSR count). The van der Waals surface area contributed by atoms with Gasteiger partial charge in [-0.05, 0) is 35.0 Å². The first-order chi connectivity index (χ1) is 18.3. The van der Waals surface area contributed by atoms with Crippen molar-refractivity contribution in [2.75, 3.05) is 0 Å². The van der Waals surface area contributed by atoms with Crippen molar-refractivity contribution in [3.63, 3.8) is 0 Å². The van der Waals surface area contributed by atoms with Gasteiger partial charge in [-0.1, -0.05) is 97.1 Å². The highest BCUT2D eigenvalue weighted by Crippen LogP contribution is 2.37. The lowest BCUT2D eigenvalue weighted by molar-refractivity contribution is 0.672. The molecule has 37 heavy (non-hydrogen) atoms. The fourth-order valence-corrected chi connectivity index (χ4v) is 5.45. The van der Waals surface area contributed by atoms with Crippen molar-refractivity contribution in [3.8, 4) is 22.6 Å². The summed E-state index contributed by atoms with van der Waals surface area (Å²) >= 11 is 0. The van der Waals surface area contributed by atoms with Crippen molar-refractivity contribution in [1.82, 2.24) is 9.97 Å². The van der Waals surface area contributed by atoms with Crippen molar-refractivity contribution in [2.24, 2.45) is 0 Å². The topological polar surface area (TPSA) is 38.9 Å². The molecule has 0 aliphatic heterocycles. The minimum Gasteiger partial charge on any atom is -0.455 e. The van der Waals surface area contributed by atoms with Gasteiger partial charge in [0, 0.05) is 38.1 Å². The van der Waals surface area contributed by atoms with Gasteiger partial charge >= 0.3 is 0 Å². The minimum absolute atomic E-state index is 0.706. The average Bonchev–Trinajstić information content (AvgIpc) is 3.36. The van der Waals surface area contributed by atoms with Crippen molar-refractivity contribution < 1.29 is 4.42 Å². The van der Waals surface area contributed by atoms with Gasteiger partial charge in [-0.15, -0.1) is 0 Å². The summed E-state index contributed by atoms with van der Waals surface area (Å²) < 4.78 is 6.34. The molecule has 2 heterocycles. The number of fused-ring (bicyclic) bond motifs is 8. The zero-order valence-corrected chi connectivity index (χ0v) is 19.8. The van der Waals surface area contributed by atoms with Gasteiger partial charge in [0.25, 0.3) is 0 Å². The molecule has 0 saturated heterocycles. The Morgan fingerprint density at radius 2 is 1.16 bits per heavy atom.